The molecule has 7 heteroatoms. The van der Waals surface area contributed by atoms with Gasteiger partial charge in [-0.05, 0) is 12.1 Å². The van der Waals surface area contributed by atoms with Crippen LogP contribution < -0.4 is 5.32 Å². The standard InChI is InChI=1S/C14H13N7/c1-15-7-14(8-16-9-14)20-6-11(5-18-20)12-3-2-4-13-17-10-19-21(12)13/h2-6,10,16H,7-9H2. The maximum absolute atomic E-state index is 7.14. The lowest BCUT2D eigenvalue weighted by molar-refractivity contribution is 0.175. The largest absolute Gasteiger partial charge is 0.314 e. The Kier molecular flexibility index (Phi) is 2.52. The third kappa shape index (κ3) is 1.73. The van der Waals surface area contributed by atoms with E-state index in [2.05, 4.69) is 25.3 Å². The zero-order chi connectivity index (χ0) is 14.3. The highest BCUT2D eigenvalue weighted by atomic mass is 15.4. The Morgan fingerprint density at radius 1 is 1.33 bits per heavy atom. The molecule has 1 aliphatic rings. The Labute approximate surface area is 121 Å². The van der Waals surface area contributed by atoms with Crippen molar-refractivity contribution in [1.29, 1.82) is 0 Å². The molecule has 3 aromatic heterocycles. The summed E-state index contributed by atoms with van der Waals surface area (Å²) >= 11 is 0. The molecule has 4 rings (SSSR count). The number of nitrogens with zero attached hydrogens (tertiary/aromatic N) is 6. The third-order valence-corrected chi connectivity index (χ3v) is 3.95. The van der Waals surface area contributed by atoms with Gasteiger partial charge in [0.15, 0.2) is 11.2 Å². The van der Waals surface area contributed by atoms with Crippen molar-refractivity contribution in [2.45, 2.75) is 5.54 Å². The summed E-state index contributed by atoms with van der Waals surface area (Å²) in [5.74, 6) is 0. The van der Waals surface area contributed by atoms with E-state index in [1.807, 2.05) is 35.3 Å². The van der Waals surface area contributed by atoms with Gasteiger partial charge in [0, 0.05) is 24.8 Å². The minimum absolute atomic E-state index is 0.212. The van der Waals surface area contributed by atoms with Crippen LogP contribution in [0.1, 0.15) is 0 Å². The molecule has 104 valence electrons. The van der Waals surface area contributed by atoms with Gasteiger partial charge in [0.2, 0.25) is 6.54 Å². The minimum atomic E-state index is -0.212. The van der Waals surface area contributed by atoms with Crippen molar-refractivity contribution in [3.63, 3.8) is 0 Å². The third-order valence-electron chi connectivity index (χ3n) is 3.95. The van der Waals surface area contributed by atoms with Gasteiger partial charge in [-0.3, -0.25) is 4.68 Å². The highest BCUT2D eigenvalue weighted by Crippen LogP contribution is 2.25. The van der Waals surface area contributed by atoms with Gasteiger partial charge in [0.1, 0.15) is 6.33 Å². The number of aromatic nitrogens is 5. The number of nitrogens with one attached hydrogen (secondary N) is 1. The molecule has 0 amide bonds. The molecule has 0 spiro atoms. The second-order valence-electron chi connectivity index (χ2n) is 5.26. The molecule has 0 saturated carbocycles. The molecule has 4 heterocycles. The fourth-order valence-corrected chi connectivity index (χ4v) is 2.69. The highest BCUT2D eigenvalue weighted by Gasteiger charge is 2.43. The van der Waals surface area contributed by atoms with Gasteiger partial charge in [-0.25, -0.2) is 16.1 Å². The van der Waals surface area contributed by atoms with E-state index in [0.29, 0.717) is 6.54 Å². The summed E-state index contributed by atoms with van der Waals surface area (Å²) in [6, 6.07) is 5.86. The molecule has 7 nitrogen and oxygen atoms in total. The Morgan fingerprint density at radius 2 is 2.24 bits per heavy atom. The fraction of sp³-hybridized carbons (Fsp3) is 0.286. The van der Waals surface area contributed by atoms with E-state index in [0.717, 1.165) is 30.0 Å². The molecule has 0 aliphatic carbocycles. The summed E-state index contributed by atoms with van der Waals surface area (Å²) in [7, 11) is 0. The van der Waals surface area contributed by atoms with Crippen molar-refractivity contribution in [1.82, 2.24) is 29.7 Å². The van der Waals surface area contributed by atoms with Crippen molar-refractivity contribution in [3.8, 4) is 11.3 Å². The maximum atomic E-state index is 7.14. The molecular weight excluding hydrogens is 266 g/mol. The van der Waals surface area contributed by atoms with E-state index in [1.54, 1.807) is 10.8 Å². The van der Waals surface area contributed by atoms with Crippen LogP contribution in [-0.2, 0) is 5.54 Å². The molecule has 1 N–H and O–H groups in total. The van der Waals surface area contributed by atoms with E-state index in [-0.39, 0.29) is 5.54 Å². The van der Waals surface area contributed by atoms with Crippen molar-refractivity contribution in [3.05, 3.63) is 48.3 Å². The van der Waals surface area contributed by atoms with E-state index >= 15 is 0 Å². The summed E-state index contributed by atoms with van der Waals surface area (Å²) in [5.41, 5.74) is 2.52. The Balaban J connectivity index is 1.78. The van der Waals surface area contributed by atoms with Crippen LogP contribution in [-0.4, -0.2) is 44.0 Å². The van der Waals surface area contributed by atoms with Crippen LogP contribution in [0.2, 0.25) is 0 Å². The van der Waals surface area contributed by atoms with E-state index < -0.39 is 0 Å². The van der Waals surface area contributed by atoms with Crippen LogP contribution in [0.25, 0.3) is 21.7 Å². The van der Waals surface area contributed by atoms with Gasteiger partial charge in [0.25, 0.3) is 0 Å². The van der Waals surface area contributed by atoms with Gasteiger partial charge in [-0.15, -0.1) is 0 Å². The van der Waals surface area contributed by atoms with Crippen LogP contribution in [0.15, 0.2) is 36.9 Å². The minimum Gasteiger partial charge on any atom is -0.314 e. The van der Waals surface area contributed by atoms with Gasteiger partial charge in [-0.1, -0.05) is 6.07 Å². The Bertz CT molecular complexity index is 834. The Morgan fingerprint density at radius 3 is 3.00 bits per heavy atom. The van der Waals surface area contributed by atoms with Crippen molar-refractivity contribution in [2.24, 2.45) is 0 Å². The molecule has 0 aromatic carbocycles. The topological polar surface area (TPSA) is 64.4 Å². The van der Waals surface area contributed by atoms with Gasteiger partial charge < -0.3 is 10.2 Å². The SMILES string of the molecule is [C-]#[N+]CC1(n2cc(-c3cccc4ncnn34)cn2)CNC1. The van der Waals surface area contributed by atoms with Crippen LogP contribution in [0.3, 0.4) is 0 Å². The smallest absolute Gasteiger partial charge is 0.242 e. The fourth-order valence-electron chi connectivity index (χ4n) is 2.69. The van der Waals surface area contributed by atoms with Gasteiger partial charge in [-0.2, -0.15) is 10.2 Å². The Hall–Kier alpha value is -2.72. The number of hydrogen-bond acceptors (Lipinski definition) is 4. The van der Waals surface area contributed by atoms with Crippen molar-refractivity contribution in [2.75, 3.05) is 19.6 Å². The normalized spacial score (nSPS) is 16.5. The first kappa shape index (κ1) is 12.1. The second-order valence-corrected chi connectivity index (χ2v) is 5.26. The summed E-state index contributed by atoms with van der Waals surface area (Å²) < 4.78 is 3.70. The predicted octanol–water partition coefficient (Wildman–Crippen LogP) is 0.811. The number of rotatable bonds is 3. The van der Waals surface area contributed by atoms with Crippen LogP contribution in [0.4, 0.5) is 0 Å². The summed E-state index contributed by atoms with van der Waals surface area (Å²) in [4.78, 5) is 7.74. The van der Waals surface area contributed by atoms with E-state index in [9.17, 15) is 0 Å². The van der Waals surface area contributed by atoms with Crippen LogP contribution >= 0.6 is 0 Å². The number of hydrogen-bond donors (Lipinski definition) is 1. The van der Waals surface area contributed by atoms with Crippen molar-refractivity contribution < 1.29 is 0 Å². The first-order chi connectivity index (χ1) is 10.3. The van der Waals surface area contributed by atoms with E-state index in [1.165, 1.54) is 0 Å². The van der Waals surface area contributed by atoms with Crippen LogP contribution in [0, 0.1) is 6.57 Å². The molecule has 3 aromatic rings. The summed E-state index contributed by atoms with van der Waals surface area (Å²) in [5, 5.41) is 11.9. The van der Waals surface area contributed by atoms with Crippen molar-refractivity contribution >= 4 is 5.65 Å². The molecule has 1 saturated heterocycles. The lowest BCUT2D eigenvalue weighted by atomic mass is 9.93. The zero-order valence-electron chi connectivity index (χ0n) is 11.3. The van der Waals surface area contributed by atoms with Gasteiger partial charge >= 0.3 is 0 Å². The molecule has 0 atom stereocenters. The number of fused-ring (bicyclic) bond motifs is 1. The molecule has 1 fully saturated rings. The average Bonchev–Trinajstić information content (AvgIpc) is 3.11. The molecule has 0 unspecified atom stereocenters. The highest BCUT2D eigenvalue weighted by molar-refractivity contribution is 5.61. The lowest BCUT2D eigenvalue weighted by Crippen LogP contribution is -2.62. The molecule has 1 aliphatic heterocycles. The molecule has 21 heavy (non-hydrogen) atoms. The lowest BCUT2D eigenvalue weighted by Gasteiger charge is -2.38. The zero-order valence-corrected chi connectivity index (χ0v) is 11.3. The summed E-state index contributed by atoms with van der Waals surface area (Å²) in [6.45, 7) is 9.14. The molecule has 0 bridgehead atoms. The quantitative estimate of drug-likeness (QED) is 0.721. The first-order valence-corrected chi connectivity index (χ1v) is 6.71. The first-order valence-electron chi connectivity index (χ1n) is 6.71. The van der Waals surface area contributed by atoms with E-state index in [4.69, 9.17) is 6.57 Å². The number of pyridine rings is 1. The second kappa shape index (κ2) is 4.40. The molecular formula is C14H13N7. The van der Waals surface area contributed by atoms with Crippen LogP contribution in [0.5, 0.6) is 0 Å². The average molecular weight is 279 g/mol. The maximum Gasteiger partial charge on any atom is 0.242 e. The predicted molar refractivity (Wildman–Crippen MR) is 76.5 cm³/mol. The summed E-state index contributed by atoms with van der Waals surface area (Å²) in [6.07, 6.45) is 5.35. The monoisotopic (exact) mass is 279 g/mol. The molecule has 0 radical (unpaired) electrons. The van der Waals surface area contributed by atoms with Gasteiger partial charge in [0.05, 0.1) is 11.9 Å².